The normalized spacial score (nSPS) is 24.7. The number of hydrogen-bond acceptors (Lipinski definition) is 5. The largest absolute Gasteiger partial charge is 0.341 e. The zero-order valence-electron chi connectivity index (χ0n) is 19.3. The third-order valence-corrected chi connectivity index (χ3v) is 7.34. The molecule has 174 valence electrons. The fourth-order valence-corrected chi connectivity index (χ4v) is 5.60. The van der Waals surface area contributed by atoms with Crippen molar-refractivity contribution in [3.63, 3.8) is 0 Å². The van der Waals surface area contributed by atoms with E-state index in [1.807, 2.05) is 59.7 Å². The maximum atomic E-state index is 13.7. The molecule has 2 aromatic rings. The van der Waals surface area contributed by atoms with Crippen molar-refractivity contribution in [3.8, 4) is 0 Å². The van der Waals surface area contributed by atoms with Crippen molar-refractivity contribution in [2.45, 2.75) is 57.9 Å². The molecule has 4 heterocycles. The van der Waals surface area contributed by atoms with Crippen LogP contribution in [0.1, 0.15) is 57.7 Å². The average molecular weight is 450 g/mol. The molecule has 0 aromatic carbocycles. The lowest BCUT2D eigenvalue weighted by Gasteiger charge is -2.36. The molecule has 0 N–H and O–H groups in total. The molecule has 0 bridgehead atoms. The molecule has 3 atom stereocenters. The summed E-state index contributed by atoms with van der Waals surface area (Å²) < 4.78 is 2.01. The van der Waals surface area contributed by atoms with Crippen molar-refractivity contribution in [2.75, 3.05) is 13.1 Å². The van der Waals surface area contributed by atoms with Crippen molar-refractivity contribution in [2.24, 2.45) is 17.8 Å². The van der Waals surface area contributed by atoms with Gasteiger partial charge in [-0.2, -0.15) is 0 Å². The molecule has 0 spiro atoms. The molecule has 0 radical (unpaired) electrons. The van der Waals surface area contributed by atoms with Crippen molar-refractivity contribution in [3.05, 3.63) is 42.4 Å². The highest BCUT2D eigenvalue weighted by molar-refractivity contribution is 6.08. The molecule has 2 aromatic heterocycles. The fourth-order valence-electron chi connectivity index (χ4n) is 5.60. The van der Waals surface area contributed by atoms with E-state index < -0.39 is 6.04 Å². The molecular weight excluding hydrogens is 418 g/mol. The number of rotatable bonds is 5. The number of piperidine rings is 1. The number of hydrogen-bond donors (Lipinski definition) is 0. The number of aromatic nitrogens is 3. The predicted molar refractivity (Wildman–Crippen MR) is 122 cm³/mol. The van der Waals surface area contributed by atoms with E-state index in [0.29, 0.717) is 32.4 Å². The van der Waals surface area contributed by atoms with Crippen LogP contribution in [-0.4, -0.2) is 61.3 Å². The van der Waals surface area contributed by atoms with Crippen molar-refractivity contribution < 1.29 is 14.4 Å². The van der Waals surface area contributed by atoms with Crippen molar-refractivity contribution >= 4 is 23.4 Å². The van der Waals surface area contributed by atoms with Crippen LogP contribution in [0.5, 0.6) is 0 Å². The maximum Gasteiger partial charge on any atom is 0.245 e. The zero-order chi connectivity index (χ0) is 23.1. The molecule has 2 fully saturated rings. The van der Waals surface area contributed by atoms with Gasteiger partial charge in [0.15, 0.2) is 5.65 Å². The third-order valence-electron chi connectivity index (χ3n) is 7.34. The molecule has 5 rings (SSSR count). The van der Waals surface area contributed by atoms with Crippen LogP contribution in [-0.2, 0) is 14.4 Å². The number of likely N-dealkylation sites (tertiary alicyclic amines) is 2. The topological polar surface area (TPSA) is 87.9 Å². The maximum absolute atomic E-state index is 13.7. The Morgan fingerprint density at radius 2 is 1.70 bits per heavy atom. The minimum atomic E-state index is -0.707. The molecule has 8 nitrogen and oxygen atoms in total. The minimum absolute atomic E-state index is 0.0958. The number of amides is 3. The van der Waals surface area contributed by atoms with Gasteiger partial charge in [-0.3, -0.25) is 23.7 Å². The zero-order valence-corrected chi connectivity index (χ0v) is 19.3. The average Bonchev–Trinajstić information content (AvgIpc) is 3.37. The third kappa shape index (κ3) is 3.85. The van der Waals surface area contributed by atoms with Crippen molar-refractivity contribution in [1.82, 2.24) is 24.4 Å². The Kier molecular flexibility index (Phi) is 5.76. The smallest absolute Gasteiger partial charge is 0.245 e. The number of carbonyl (C=O) groups excluding carboxylic acids is 3. The van der Waals surface area contributed by atoms with Crippen LogP contribution in [0.4, 0.5) is 0 Å². The molecule has 0 saturated carbocycles. The number of fused-ring (bicyclic) bond motifs is 2. The van der Waals surface area contributed by atoms with Crippen molar-refractivity contribution in [1.29, 1.82) is 0 Å². The SMILES string of the molecule is CC(C)C[C@H](C(=O)N1CCC(c2nnc3ccccn23)CC1)N1C(=O)[C@H]2CC=CC[C@@H]2C1=O. The van der Waals surface area contributed by atoms with E-state index in [0.717, 1.165) is 24.3 Å². The Labute approximate surface area is 193 Å². The standard InChI is InChI=1S/C25H31N5O3/c1-16(2)15-20(30-23(31)18-7-3-4-8-19(18)24(30)32)25(33)28-13-10-17(11-14-28)22-27-26-21-9-5-6-12-29(21)22/h3-6,9,12,16-20H,7-8,10-11,13-15H2,1-2H3/t18-,19-,20+/m0/s1. The lowest BCUT2D eigenvalue weighted by molar-refractivity contribution is -0.152. The summed E-state index contributed by atoms with van der Waals surface area (Å²) in [6.07, 6.45) is 9.18. The summed E-state index contributed by atoms with van der Waals surface area (Å²) in [6, 6.07) is 5.13. The van der Waals surface area contributed by atoms with Crippen LogP contribution in [0, 0.1) is 17.8 Å². The molecule has 33 heavy (non-hydrogen) atoms. The van der Waals surface area contributed by atoms with Gasteiger partial charge in [-0.1, -0.05) is 32.1 Å². The monoisotopic (exact) mass is 449 g/mol. The minimum Gasteiger partial charge on any atom is -0.341 e. The summed E-state index contributed by atoms with van der Waals surface area (Å²) in [5.74, 6) is 0.295. The van der Waals surface area contributed by atoms with E-state index >= 15 is 0 Å². The molecular formula is C25H31N5O3. The molecule has 3 aliphatic rings. The Morgan fingerprint density at radius 1 is 1.03 bits per heavy atom. The van der Waals surface area contributed by atoms with Crippen LogP contribution in [0.3, 0.4) is 0 Å². The summed E-state index contributed by atoms with van der Waals surface area (Å²) >= 11 is 0. The summed E-state index contributed by atoms with van der Waals surface area (Å²) in [7, 11) is 0. The van der Waals surface area contributed by atoms with Crippen LogP contribution < -0.4 is 0 Å². The first-order valence-corrected chi connectivity index (χ1v) is 12.1. The Morgan fingerprint density at radius 3 is 2.33 bits per heavy atom. The number of allylic oxidation sites excluding steroid dienone is 2. The number of pyridine rings is 1. The first-order chi connectivity index (χ1) is 16.0. The molecule has 3 amide bonds. The van der Waals surface area contributed by atoms with Crippen LogP contribution in [0.2, 0.25) is 0 Å². The first-order valence-electron chi connectivity index (χ1n) is 12.1. The Bertz CT molecular complexity index is 1070. The van der Waals surface area contributed by atoms with Gasteiger partial charge < -0.3 is 4.90 Å². The number of nitrogens with zero attached hydrogens (tertiary/aromatic N) is 5. The molecule has 2 saturated heterocycles. The second-order valence-corrected chi connectivity index (χ2v) is 9.93. The molecule has 1 aliphatic carbocycles. The highest BCUT2D eigenvalue weighted by atomic mass is 16.2. The van der Waals surface area contributed by atoms with E-state index in [1.165, 1.54) is 4.90 Å². The highest BCUT2D eigenvalue weighted by Gasteiger charge is 2.51. The van der Waals surface area contributed by atoms with Gasteiger partial charge >= 0.3 is 0 Å². The van der Waals surface area contributed by atoms with Crippen LogP contribution in [0.25, 0.3) is 5.65 Å². The van der Waals surface area contributed by atoms with Gasteiger partial charge in [0, 0.05) is 25.2 Å². The van der Waals surface area contributed by atoms with Gasteiger partial charge in [-0.15, -0.1) is 10.2 Å². The summed E-state index contributed by atoms with van der Waals surface area (Å²) in [5.41, 5.74) is 0.824. The van der Waals surface area contributed by atoms with Gasteiger partial charge in [0.25, 0.3) is 0 Å². The van der Waals surface area contributed by atoms with E-state index in [2.05, 4.69) is 10.2 Å². The Hall–Kier alpha value is -3.03. The van der Waals surface area contributed by atoms with Gasteiger partial charge in [-0.25, -0.2) is 0 Å². The summed E-state index contributed by atoms with van der Waals surface area (Å²) in [6.45, 7) is 5.24. The molecule has 0 unspecified atom stereocenters. The van der Waals surface area contributed by atoms with E-state index in [4.69, 9.17) is 0 Å². The Balaban J connectivity index is 1.31. The quantitative estimate of drug-likeness (QED) is 0.517. The summed E-state index contributed by atoms with van der Waals surface area (Å²) in [4.78, 5) is 43.2. The second kappa shape index (κ2) is 8.72. The van der Waals surface area contributed by atoms with Crippen LogP contribution >= 0.6 is 0 Å². The summed E-state index contributed by atoms with van der Waals surface area (Å²) in [5, 5.41) is 8.65. The van der Waals surface area contributed by atoms with Gasteiger partial charge in [-0.05, 0) is 50.2 Å². The predicted octanol–water partition coefficient (Wildman–Crippen LogP) is 2.80. The van der Waals surface area contributed by atoms with Gasteiger partial charge in [0.05, 0.1) is 11.8 Å². The fraction of sp³-hybridized carbons (Fsp3) is 0.560. The molecule has 8 heteroatoms. The first kappa shape index (κ1) is 21.8. The lowest BCUT2D eigenvalue weighted by Crippen LogP contribution is -2.53. The van der Waals surface area contributed by atoms with Gasteiger partial charge in [0.1, 0.15) is 11.9 Å². The number of imide groups is 1. The molecule has 2 aliphatic heterocycles. The van der Waals surface area contributed by atoms with E-state index in [9.17, 15) is 14.4 Å². The lowest BCUT2D eigenvalue weighted by atomic mass is 9.85. The van der Waals surface area contributed by atoms with E-state index in [1.54, 1.807) is 0 Å². The van der Waals surface area contributed by atoms with Crippen LogP contribution in [0.15, 0.2) is 36.5 Å². The van der Waals surface area contributed by atoms with Gasteiger partial charge in [0.2, 0.25) is 17.7 Å². The highest BCUT2D eigenvalue weighted by Crippen LogP contribution is 2.38. The number of carbonyl (C=O) groups is 3. The second-order valence-electron chi connectivity index (χ2n) is 9.93. The van der Waals surface area contributed by atoms with E-state index in [-0.39, 0.29) is 41.4 Å².